The Morgan fingerprint density at radius 3 is 3.05 bits per heavy atom. The number of nitrogens with zero attached hydrogens (tertiary/aromatic N) is 2. The van der Waals surface area contributed by atoms with E-state index in [0.29, 0.717) is 12.1 Å². The number of nitrogens with one attached hydrogen (secondary N) is 1. The van der Waals surface area contributed by atoms with Crippen LogP contribution in [0.5, 0.6) is 0 Å². The van der Waals surface area contributed by atoms with E-state index < -0.39 is 0 Å². The average Bonchev–Trinajstić information content (AvgIpc) is 2.71. The zero-order chi connectivity index (χ0) is 15.2. The van der Waals surface area contributed by atoms with Crippen molar-refractivity contribution in [1.29, 1.82) is 0 Å². The summed E-state index contributed by atoms with van der Waals surface area (Å²) in [6, 6.07) is 3.75. The molecule has 5 heteroatoms. The van der Waals surface area contributed by atoms with Gasteiger partial charge in [-0.15, -0.1) is 0 Å². The lowest BCUT2D eigenvalue weighted by Crippen LogP contribution is -2.36. The fourth-order valence-corrected chi connectivity index (χ4v) is 2.58. The Balaban J connectivity index is 2.22. The molecule has 1 saturated heterocycles. The van der Waals surface area contributed by atoms with Gasteiger partial charge in [0.2, 0.25) is 0 Å². The van der Waals surface area contributed by atoms with Crippen LogP contribution in [-0.4, -0.2) is 48.6 Å². The van der Waals surface area contributed by atoms with Crippen LogP contribution >= 0.6 is 0 Å². The third kappa shape index (κ3) is 4.17. The van der Waals surface area contributed by atoms with Crippen LogP contribution in [0.3, 0.4) is 0 Å². The molecule has 0 spiro atoms. The standard InChI is InChI=1S/C16H25N3O2/c1-4-6-14-9-13(10-15(17-3)18-14)16(20)19-7-5-8-21-12(2)11-19/h9-10,12H,4-8,11H2,1-3H3,(H,17,18). The molecule has 21 heavy (non-hydrogen) atoms. The Hall–Kier alpha value is -1.62. The third-order valence-corrected chi connectivity index (χ3v) is 3.63. The number of pyridine rings is 1. The molecule has 1 aliphatic heterocycles. The van der Waals surface area contributed by atoms with Crippen molar-refractivity contribution in [2.75, 3.05) is 32.1 Å². The number of aromatic nitrogens is 1. The molecule has 1 amide bonds. The number of hydrogen-bond donors (Lipinski definition) is 1. The van der Waals surface area contributed by atoms with Crippen molar-refractivity contribution in [3.63, 3.8) is 0 Å². The van der Waals surface area contributed by atoms with E-state index in [1.54, 1.807) is 0 Å². The minimum atomic E-state index is 0.0728. The van der Waals surface area contributed by atoms with Crippen molar-refractivity contribution in [3.8, 4) is 0 Å². The molecule has 5 nitrogen and oxygen atoms in total. The molecule has 0 aromatic carbocycles. The summed E-state index contributed by atoms with van der Waals surface area (Å²) in [7, 11) is 1.83. The normalized spacial score (nSPS) is 19.2. The number of rotatable bonds is 4. The molecule has 0 aliphatic carbocycles. The molecule has 1 fully saturated rings. The van der Waals surface area contributed by atoms with Crippen LogP contribution < -0.4 is 5.32 Å². The largest absolute Gasteiger partial charge is 0.377 e. The summed E-state index contributed by atoms with van der Waals surface area (Å²) in [6.45, 7) is 6.26. The van der Waals surface area contributed by atoms with Crippen molar-refractivity contribution in [1.82, 2.24) is 9.88 Å². The van der Waals surface area contributed by atoms with E-state index >= 15 is 0 Å². The van der Waals surface area contributed by atoms with Gasteiger partial charge in [0, 0.05) is 38.0 Å². The fourth-order valence-electron chi connectivity index (χ4n) is 2.58. The van der Waals surface area contributed by atoms with Gasteiger partial charge in [-0.05, 0) is 31.9 Å². The van der Waals surface area contributed by atoms with Gasteiger partial charge in [0.05, 0.1) is 6.10 Å². The molecule has 1 aliphatic rings. The first-order valence-corrected chi connectivity index (χ1v) is 7.73. The Morgan fingerprint density at radius 2 is 2.33 bits per heavy atom. The van der Waals surface area contributed by atoms with Gasteiger partial charge in [-0.1, -0.05) is 13.3 Å². The Labute approximate surface area is 126 Å². The molecule has 1 aromatic rings. The monoisotopic (exact) mass is 291 g/mol. The number of carbonyl (C=O) groups is 1. The predicted octanol–water partition coefficient (Wildman–Crippen LogP) is 2.33. The number of aryl methyl sites for hydroxylation is 1. The molecule has 1 unspecified atom stereocenters. The van der Waals surface area contributed by atoms with E-state index in [4.69, 9.17) is 4.74 Å². The molecular formula is C16H25N3O2. The van der Waals surface area contributed by atoms with E-state index in [9.17, 15) is 4.79 Å². The van der Waals surface area contributed by atoms with Gasteiger partial charge in [-0.2, -0.15) is 0 Å². The van der Waals surface area contributed by atoms with Gasteiger partial charge >= 0.3 is 0 Å². The highest BCUT2D eigenvalue weighted by atomic mass is 16.5. The lowest BCUT2D eigenvalue weighted by molar-refractivity contribution is 0.0562. The second-order valence-corrected chi connectivity index (χ2v) is 5.52. The maximum absolute atomic E-state index is 12.7. The van der Waals surface area contributed by atoms with Crippen molar-refractivity contribution in [2.24, 2.45) is 0 Å². The summed E-state index contributed by atoms with van der Waals surface area (Å²) in [5.74, 6) is 0.826. The number of hydrogen-bond acceptors (Lipinski definition) is 4. The van der Waals surface area contributed by atoms with Crippen molar-refractivity contribution < 1.29 is 9.53 Å². The van der Waals surface area contributed by atoms with Gasteiger partial charge in [0.25, 0.3) is 5.91 Å². The van der Waals surface area contributed by atoms with Crippen molar-refractivity contribution in [3.05, 3.63) is 23.4 Å². The molecule has 1 N–H and O–H groups in total. The highest BCUT2D eigenvalue weighted by Crippen LogP contribution is 2.16. The van der Waals surface area contributed by atoms with Crippen LogP contribution in [0.15, 0.2) is 12.1 Å². The molecule has 1 aromatic heterocycles. The first-order chi connectivity index (χ1) is 10.1. The van der Waals surface area contributed by atoms with E-state index in [0.717, 1.165) is 43.9 Å². The summed E-state index contributed by atoms with van der Waals surface area (Å²) < 4.78 is 5.61. The zero-order valence-electron chi connectivity index (χ0n) is 13.2. The molecule has 2 rings (SSSR count). The summed E-state index contributed by atoms with van der Waals surface area (Å²) in [4.78, 5) is 19.1. The SMILES string of the molecule is CCCc1cc(C(=O)N2CCCOC(C)C2)cc(NC)n1. The second kappa shape index (κ2) is 7.41. The molecule has 116 valence electrons. The number of ether oxygens (including phenoxy) is 1. The van der Waals surface area contributed by atoms with E-state index in [1.807, 2.05) is 31.0 Å². The number of anilines is 1. The molecule has 0 radical (unpaired) electrons. The summed E-state index contributed by atoms with van der Waals surface area (Å²) in [5.41, 5.74) is 1.68. The predicted molar refractivity (Wildman–Crippen MR) is 83.7 cm³/mol. The maximum Gasteiger partial charge on any atom is 0.254 e. The fraction of sp³-hybridized carbons (Fsp3) is 0.625. The first-order valence-electron chi connectivity index (χ1n) is 7.73. The Bertz CT molecular complexity index is 490. The smallest absolute Gasteiger partial charge is 0.254 e. The molecule has 0 bridgehead atoms. The Morgan fingerprint density at radius 1 is 1.52 bits per heavy atom. The van der Waals surface area contributed by atoms with Gasteiger partial charge in [0.1, 0.15) is 5.82 Å². The van der Waals surface area contributed by atoms with Crippen LogP contribution in [0.4, 0.5) is 5.82 Å². The molecule has 2 heterocycles. The number of amides is 1. The van der Waals surface area contributed by atoms with Crippen LogP contribution in [0.1, 0.15) is 42.7 Å². The summed E-state index contributed by atoms with van der Waals surface area (Å²) >= 11 is 0. The Kier molecular flexibility index (Phi) is 5.56. The summed E-state index contributed by atoms with van der Waals surface area (Å²) in [6.07, 6.45) is 2.89. The summed E-state index contributed by atoms with van der Waals surface area (Å²) in [5, 5.41) is 3.04. The number of carbonyl (C=O) groups excluding carboxylic acids is 1. The van der Waals surface area contributed by atoms with E-state index in [1.165, 1.54) is 0 Å². The van der Waals surface area contributed by atoms with Gasteiger partial charge in [-0.25, -0.2) is 4.98 Å². The van der Waals surface area contributed by atoms with Crippen molar-refractivity contribution >= 4 is 11.7 Å². The highest BCUT2D eigenvalue weighted by molar-refractivity contribution is 5.95. The third-order valence-electron chi connectivity index (χ3n) is 3.63. The highest BCUT2D eigenvalue weighted by Gasteiger charge is 2.21. The zero-order valence-corrected chi connectivity index (χ0v) is 13.2. The quantitative estimate of drug-likeness (QED) is 0.925. The molecule has 0 saturated carbocycles. The van der Waals surface area contributed by atoms with Gasteiger partial charge < -0.3 is 15.0 Å². The van der Waals surface area contributed by atoms with Crippen LogP contribution in [-0.2, 0) is 11.2 Å². The average molecular weight is 291 g/mol. The molecule has 1 atom stereocenters. The van der Waals surface area contributed by atoms with Gasteiger partial charge in [0.15, 0.2) is 0 Å². The van der Waals surface area contributed by atoms with Crippen LogP contribution in [0.2, 0.25) is 0 Å². The second-order valence-electron chi connectivity index (χ2n) is 5.52. The minimum Gasteiger partial charge on any atom is -0.377 e. The van der Waals surface area contributed by atoms with Crippen molar-refractivity contribution in [2.45, 2.75) is 39.2 Å². The van der Waals surface area contributed by atoms with Crippen LogP contribution in [0, 0.1) is 0 Å². The molecular weight excluding hydrogens is 266 g/mol. The van der Waals surface area contributed by atoms with E-state index in [-0.39, 0.29) is 12.0 Å². The van der Waals surface area contributed by atoms with Crippen LogP contribution in [0.25, 0.3) is 0 Å². The lowest BCUT2D eigenvalue weighted by Gasteiger charge is -2.22. The van der Waals surface area contributed by atoms with E-state index in [2.05, 4.69) is 17.2 Å². The maximum atomic E-state index is 12.7. The lowest BCUT2D eigenvalue weighted by atomic mass is 10.1. The first kappa shape index (κ1) is 15.8. The minimum absolute atomic E-state index is 0.0728. The topological polar surface area (TPSA) is 54.5 Å². The van der Waals surface area contributed by atoms with Gasteiger partial charge in [-0.3, -0.25) is 4.79 Å².